The minimum absolute atomic E-state index is 0.793. The van der Waals surface area contributed by atoms with Crippen molar-refractivity contribution in [3.8, 4) is 0 Å². The molecule has 0 heterocycles. The highest BCUT2D eigenvalue weighted by molar-refractivity contribution is 5.14. The van der Waals surface area contributed by atoms with Crippen LogP contribution in [0.3, 0.4) is 0 Å². The molecular weight excluding hydrogens is 194 g/mol. The van der Waals surface area contributed by atoms with Crippen LogP contribution in [0, 0.1) is 5.92 Å². The Hall–Kier alpha value is -0.820. The Bertz CT molecular complexity index is 294. The standard InChI is InChI=1S/C15H23N/c1-16-15-11-10-14(12-15)9-5-8-13-6-3-2-4-7-13/h2-4,6-7,14-16H,5,8-12H2,1H3. The van der Waals surface area contributed by atoms with E-state index in [1.165, 1.54) is 44.1 Å². The van der Waals surface area contributed by atoms with Gasteiger partial charge in [0.15, 0.2) is 0 Å². The molecule has 1 heteroatoms. The summed E-state index contributed by atoms with van der Waals surface area (Å²) in [7, 11) is 2.09. The highest BCUT2D eigenvalue weighted by atomic mass is 14.9. The number of rotatable bonds is 5. The number of nitrogens with one attached hydrogen (secondary N) is 1. The summed E-state index contributed by atoms with van der Waals surface area (Å²) in [5, 5.41) is 3.40. The van der Waals surface area contributed by atoms with E-state index in [9.17, 15) is 0 Å². The Balaban J connectivity index is 1.65. The molecule has 1 aromatic carbocycles. The molecule has 2 unspecified atom stereocenters. The normalized spacial score (nSPS) is 24.8. The molecule has 1 fully saturated rings. The minimum Gasteiger partial charge on any atom is -0.317 e. The molecule has 0 saturated heterocycles. The van der Waals surface area contributed by atoms with E-state index >= 15 is 0 Å². The molecular formula is C15H23N. The second-order valence-electron chi connectivity index (χ2n) is 5.04. The quantitative estimate of drug-likeness (QED) is 0.797. The average molecular weight is 217 g/mol. The third-order valence-corrected chi connectivity index (χ3v) is 3.87. The van der Waals surface area contributed by atoms with Gasteiger partial charge in [-0.25, -0.2) is 0 Å². The lowest BCUT2D eigenvalue weighted by atomic mass is 9.98. The molecule has 1 saturated carbocycles. The van der Waals surface area contributed by atoms with Crippen molar-refractivity contribution in [1.29, 1.82) is 0 Å². The topological polar surface area (TPSA) is 12.0 Å². The molecule has 0 bridgehead atoms. The molecule has 1 N–H and O–H groups in total. The maximum Gasteiger partial charge on any atom is 0.00668 e. The molecule has 1 aromatic rings. The van der Waals surface area contributed by atoms with Crippen LogP contribution in [0.4, 0.5) is 0 Å². The fourth-order valence-corrected chi connectivity index (χ4v) is 2.84. The van der Waals surface area contributed by atoms with E-state index in [2.05, 4.69) is 42.7 Å². The summed E-state index contributed by atoms with van der Waals surface area (Å²) < 4.78 is 0. The van der Waals surface area contributed by atoms with E-state index < -0.39 is 0 Å². The molecule has 0 aromatic heterocycles. The zero-order chi connectivity index (χ0) is 11.2. The maximum atomic E-state index is 3.40. The molecule has 1 aliphatic carbocycles. The molecule has 2 rings (SSSR count). The van der Waals surface area contributed by atoms with Gasteiger partial charge in [-0.2, -0.15) is 0 Å². The Morgan fingerprint density at radius 1 is 1.19 bits per heavy atom. The first-order valence-electron chi connectivity index (χ1n) is 6.59. The fourth-order valence-electron chi connectivity index (χ4n) is 2.84. The van der Waals surface area contributed by atoms with Gasteiger partial charge in [0.2, 0.25) is 0 Å². The highest BCUT2D eigenvalue weighted by Gasteiger charge is 2.22. The van der Waals surface area contributed by atoms with Crippen LogP contribution in [0.1, 0.15) is 37.7 Å². The van der Waals surface area contributed by atoms with Crippen molar-refractivity contribution in [1.82, 2.24) is 5.32 Å². The Morgan fingerprint density at radius 3 is 2.69 bits per heavy atom. The van der Waals surface area contributed by atoms with Crippen LogP contribution in [0.5, 0.6) is 0 Å². The summed E-state index contributed by atoms with van der Waals surface area (Å²) in [6, 6.07) is 11.7. The van der Waals surface area contributed by atoms with Gasteiger partial charge >= 0.3 is 0 Å². The molecule has 0 spiro atoms. The van der Waals surface area contributed by atoms with Gasteiger partial charge in [-0.1, -0.05) is 36.8 Å². The monoisotopic (exact) mass is 217 g/mol. The molecule has 0 radical (unpaired) electrons. The van der Waals surface area contributed by atoms with E-state index in [1.807, 2.05) is 0 Å². The minimum atomic E-state index is 0.793. The first-order chi connectivity index (χ1) is 7.88. The van der Waals surface area contributed by atoms with Crippen LogP contribution in [0.15, 0.2) is 30.3 Å². The van der Waals surface area contributed by atoms with E-state index in [0.717, 1.165) is 12.0 Å². The zero-order valence-corrected chi connectivity index (χ0v) is 10.3. The molecule has 88 valence electrons. The van der Waals surface area contributed by atoms with Gasteiger partial charge in [-0.05, 0) is 50.6 Å². The second kappa shape index (κ2) is 6.05. The van der Waals surface area contributed by atoms with Gasteiger partial charge in [0.1, 0.15) is 0 Å². The summed E-state index contributed by atoms with van der Waals surface area (Å²) in [5.41, 5.74) is 1.49. The number of hydrogen-bond acceptors (Lipinski definition) is 1. The largest absolute Gasteiger partial charge is 0.317 e. The highest BCUT2D eigenvalue weighted by Crippen LogP contribution is 2.29. The Morgan fingerprint density at radius 2 is 2.00 bits per heavy atom. The van der Waals surface area contributed by atoms with Crippen molar-refractivity contribution in [2.45, 2.75) is 44.6 Å². The number of aryl methyl sites for hydroxylation is 1. The van der Waals surface area contributed by atoms with Gasteiger partial charge in [-0.3, -0.25) is 0 Å². The third kappa shape index (κ3) is 3.34. The van der Waals surface area contributed by atoms with E-state index in [1.54, 1.807) is 0 Å². The fraction of sp³-hybridized carbons (Fsp3) is 0.600. The smallest absolute Gasteiger partial charge is 0.00668 e. The molecule has 2 atom stereocenters. The molecule has 0 amide bonds. The Kier molecular flexibility index (Phi) is 4.41. The Labute approximate surface area is 99.3 Å². The van der Waals surface area contributed by atoms with Gasteiger partial charge in [0, 0.05) is 6.04 Å². The molecule has 1 nitrogen and oxygen atoms in total. The first-order valence-corrected chi connectivity index (χ1v) is 6.59. The zero-order valence-electron chi connectivity index (χ0n) is 10.3. The van der Waals surface area contributed by atoms with Crippen LogP contribution in [0.25, 0.3) is 0 Å². The van der Waals surface area contributed by atoms with Crippen LogP contribution in [0.2, 0.25) is 0 Å². The molecule has 1 aliphatic rings. The summed E-state index contributed by atoms with van der Waals surface area (Å²) in [6.45, 7) is 0. The van der Waals surface area contributed by atoms with Crippen molar-refractivity contribution >= 4 is 0 Å². The summed E-state index contributed by atoms with van der Waals surface area (Å²) >= 11 is 0. The number of benzene rings is 1. The maximum absolute atomic E-state index is 3.40. The van der Waals surface area contributed by atoms with Crippen molar-refractivity contribution in [2.24, 2.45) is 5.92 Å². The van der Waals surface area contributed by atoms with E-state index in [4.69, 9.17) is 0 Å². The predicted octanol–water partition coefficient (Wildman–Crippen LogP) is 3.40. The van der Waals surface area contributed by atoms with Crippen molar-refractivity contribution < 1.29 is 0 Å². The van der Waals surface area contributed by atoms with Gasteiger partial charge in [-0.15, -0.1) is 0 Å². The van der Waals surface area contributed by atoms with Gasteiger partial charge in [0.05, 0.1) is 0 Å². The average Bonchev–Trinajstić information content (AvgIpc) is 2.78. The molecule has 0 aliphatic heterocycles. The molecule has 16 heavy (non-hydrogen) atoms. The van der Waals surface area contributed by atoms with Crippen molar-refractivity contribution in [3.63, 3.8) is 0 Å². The summed E-state index contributed by atoms with van der Waals surface area (Å²) in [4.78, 5) is 0. The summed E-state index contributed by atoms with van der Waals surface area (Å²) in [6.07, 6.45) is 8.22. The van der Waals surface area contributed by atoms with E-state index in [0.29, 0.717) is 0 Å². The SMILES string of the molecule is CNC1CCC(CCCc2ccccc2)C1. The van der Waals surface area contributed by atoms with E-state index in [-0.39, 0.29) is 0 Å². The number of hydrogen-bond donors (Lipinski definition) is 1. The van der Waals surface area contributed by atoms with Crippen LogP contribution in [-0.2, 0) is 6.42 Å². The van der Waals surface area contributed by atoms with Crippen molar-refractivity contribution in [3.05, 3.63) is 35.9 Å². The van der Waals surface area contributed by atoms with Crippen LogP contribution >= 0.6 is 0 Å². The van der Waals surface area contributed by atoms with Crippen LogP contribution < -0.4 is 5.32 Å². The predicted molar refractivity (Wildman–Crippen MR) is 69.6 cm³/mol. The van der Waals surface area contributed by atoms with Gasteiger partial charge in [0.25, 0.3) is 0 Å². The third-order valence-electron chi connectivity index (χ3n) is 3.87. The second-order valence-corrected chi connectivity index (χ2v) is 5.04. The van der Waals surface area contributed by atoms with Gasteiger partial charge < -0.3 is 5.32 Å². The first kappa shape index (κ1) is 11.7. The lowest BCUT2D eigenvalue weighted by Gasteiger charge is -2.10. The lowest BCUT2D eigenvalue weighted by molar-refractivity contribution is 0.464. The van der Waals surface area contributed by atoms with Crippen LogP contribution in [-0.4, -0.2) is 13.1 Å². The lowest BCUT2D eigenvalue weighted by Crippen LogP contribution is -2.21. The van der Waals surface area contributed by atoms with Crippen molar-refractivity contribution in [2.75, 3.05) is 7.05 Å². The summed E-state index contributed by atoms with van der Waals surface area (Å²) in [5.74, 6) is 0.973.